The Labute approximate surface area is 148 Å². The van der Waals surface area contributed by atoms with Crippen molar-refractivity contribution in [2.75, 3.05) is 26.7 Å². The zero-order valence-electron chi connectivity index (χ0n) is 15.3. The summed E-state index contributed by atoms with van der Waals surface area (Å²) in [5.74, 6) is 2.28. The Morgan fingerprint density at radius 3 is 2.80 bits per heavy atom. The van der Waals surface area contributed by atoms with Crippen molar-refractivity contribution in [3.63, 3.8) is 0 Å². The zero-order chi connectivity index (χ0) is 18.2. The minimum atomic E-state index is -0.152. The lowest BCUT2D eigenvalue weighted by atomic mass is 10.2. The van der Waals surface area contributed by atoms with Crippen LogP contribution >= 0.6 is 0 Å². The minimum Gasteiger partial charge on any atom is -0.491 e. The quantitative estimate of drug-likeness (QED) is 0.744. The van der Waals surface area contributed by atoms with Gasteiger partial charge in [0.15, 0.2) is 5.82 Å². The largest absolute Gasteiger partial charge is 0.491 e. The van der Waals surface area contributed by atoms with Crippen LogP contribution in [0.2, 0.25) is 0 Å². The van der Waals surface area contributed by atoms with Gasteiger partial charge < -0.3 is 19.5 Å². The first-order valence-electron chi connectivity index (χ1n) is 8.47. The van der Waals surface area contributed by atoms with Crippen LogP contribution in [0, 0.1) is 6.92 Å². The van der Waals surface area contributed by atoms with Crippen LogP contribution in [0.15, 0.2) is 28.8 Å². The molecule has 0 bridgehead atoms. The highest BCUT2D eigenvalue weighted by atomic mass is 16.5. The van der Waals surface area contributed by atoms with Crippen molar-refractivity contribution in [3.8, 4) is 5.75 Å². The molecule has 1 N–H and O–H groups in total. The summed E-state index contributed by atoms with van der Waals surface area (Å²) >= 11 is 0. The number of nitrogens with zero attached hydrogens (tertiary/aromatic N) is 3. The van der Waals surface area contributed by atoms with Gasteiger partial charge in [-0.05, 0) is 18.6 Å². The summed E-state index contributed by atoms with van der Waals surface area (Å²) in [6.07, 6.45) is 0.555. The van der Waals surface area contributed by atoms with E-state index in [1.807, 2.05) is 45.0 Å². The van der Waals surface area contributed by atoms with Crippen LogP contribution < -0.4 is 10.1 Å². The number of aromatic nitrogens is 2. The Hall–Kier alpha value is -2.57. The summed E-state index contributed by atoms with van der Waals surface area (Å²) in [5, 5.41) is 6.75. The zero-order valence-corrected chi connectivity index (χ0v) is 15.3. The molecule has 0 aliphatic carbocycles. The fraction of sp³-hybridized carbons (Fsp3) is 0.500. The molecule has 7 heteroatoms. The number of nitrogens with one attached hydrogen (secondary N) is 1. The summed E-state index contributed by atoms with van der Waals surface area (Å²) < 4.78 is 10.8. The van der Waals surface area contributed by atoms with Gasteiger partial charge in [0.05, 0.1) is 6.54 Å². The SMILES string of the molecule is Cc1ccccc1OCCNC(=O)N(C)CCc1noc(C(C)C)n1. The van der Waals surface area contributed by atoms with E-state index in [4.69, 9.17) is 9.26 Å². The molecule has 2 aromatic rings. The number of benzene rings is 1. The molecule has 1 aromatic heterocycles. The van der Waals surface area contributed by atoms with Crippen molar-refractivity contribution in [3.05, 3.63) is 41.5 Å². The molecule has 0 atom stereocenters. The molecule has 0 aliphatic rings. The Kier molecular flexibility index (Phi) is 6.80. The number of carbonyl (C=O) groups excluding carboxylic acids is 1. The third-order valence-electron chi connectivity index (χ3n) is 3.72. The van der Waals surface area contributed by atoms with Crippen LogP contribution in [-0.4, -0.2) is 47.8 Å². The van der Waals surface area contributed by atoms with E-state index >= 15 is 0 Å². The fourth-order valence-electron chi connectivity index (χ4n) is 2.15. The molecule has 0 aliphatic heterocycles. The number of para-hydroxylation sites is 1. The summed E-state index contributed by atoms with van der Waals surface area (Å²) in [6, 6.07) is 7.65. The number of ether oxygens (including phenoxy) is 1. The fourth-order valence-corrected chi connectivity index (χ4v) is 2.15. The third kappa shape index (κ3) is 5.77. The summed E-state index contributed by atoms with van der Waals surface area (Å²) in [5.41, 5.74) is 1.08. The smallest absolute Gasteiger partial charge is 0.317 e. The average Bonchev–Trinajstić information content (AvgIpc) is 3.07. The van der Waals surface area contributed by atoms with Crippen molar-refractivity contribution in [1.82, 2.24) is 20.4 Å². The third-order valence-corrected chi connectivity index (χ3v) is 3.72. The summed E-state index contributed by atoms with van der Waals surface area (Å²) in [7, 11) is 1.74. The standard InChI is InChI=1S/C18H26N4O3/c1-13(2)17-20-16(21-25-17)9-11-22(4)18(23)19-10-12-24-15-8-6-5-7-14(15)3/h5-8,13H,9-12H2,1-4H3,(H,19,23). The van der Waals surface area contributed by atoms with Crippen molar-refractivity contribution in [2.24, 2.45) is 0 Å². The van der Waals surface area contributed by atoms with Crippen molar-refractivity contribution >= 4 is 6.03 Å². The Morgan fingerprint density at radius 1 is 1.36 bits per heavy atom. The number of urea groups is 1. The number of hydrogen-bond donors (Lipinski definition) is 1. The van der Waals surface area contributed by atoms with Crippen molar-refractivity contribution < 1.29 is 14.1 Å². The second-order valence-electron chi connectivity index (χ2n) is 6.22. The lowest BCUT2D eigenvalue weighted by molar-refractivity contribution is 0.205. The molecule has 25 heavy (non-hydrogen) atoms. The maximum Gasteiger partial charge on any atom is 0.317 e. The topological polar surface area (TPSA) is 80.5 Å². The molecule has 2 rings (SSSR count). The van der Waals surface area contributed by atoms with E-state index in [-0.39, 0.29) is 11.9 Å². The number of likely N-dealkylation sites (N-methyl/N-ethyl adjacent to an activating group) is 1. The van der Waals surface area contributed by atoms with Crippen LogP contribution in [-0.2, 0) is 6.42 Å². The number of rotatable bonds is 8. The number of carbonyl (C=O) groups is 1. The van der Waals surface area contributed by atoms with E-state index in [1.54, 1.807) is 11.9 Å². The molecule has 7 nitrogen and oxygen atoms in total. The van der Waals surface area contributed by atoms with Gasteiger partial charge in [-0.15, -0.1) is 0 Å². The summed E-state index contributed by atoms with van der Waals surface area (Å²) in [6.45, 7) is 7.36. The molecule has 0 saturated heterocycles. The molecule has 0 fully saturated rings. The molecular formula is C18H26N4O3. The average molecular weight is 346 g/mol. The van der Waals surface area contributed by atoms with Crippen LogP contribution in [0.1, 0.15) is 37.0 Å². The molecule has 0 radical (unpaired) electrons. The predicted octanol–water partition coefficient (Wildman–Crippen LogP) is 2.76. The predicted molar refractivity (Wildman–Crippen MR) is 94.8 cm³/mol. The van der Waals surface area contributed by atoms with E-state index in [9.17, 15) is 4.79 Å². The van der Waals surface area contributed by atoms with Crippen LogP contribution in [0.5, 0.6) is 5.75 Å². The molecule has 1 aromatic carbocycles. The maximum atomic E-state index is 12.1. The normalized spacial score (nSPS) is 10.8. The highest BCUT2D eigenvalue weighted by Gasteiger charge is 2.12. The second-order valence-corrected chi connectivity index (χ2v) is 6.22. The van der Waals surface area contributed by atoms with Gasteiger partial charge in [-0.25, -0.2) is 4.79 Å². The van der Waals surface area contributed by atoms with Gasteiger partial charge in [-0.3, -0.25) is 0 Å². The molecular weight excluding hydrogens is 320 g/mol. The monoisotopic (exact) mass is 346 g/mol. The van der Waals surface area contributed by atoms with Gasteiger partial charge in [-0.2, -0.15) is 4.98 Å². The minimum absolute atomic E-state index is 0.152. The Balaban J connectivity index is 1.66. The molecule has 0 saturated carbocycles. The first-order valence-corrected chi connectivity index (χ1v) is 8.47. The van der Waals surface area contributed by atoms with Gasteiger partial charge in [-0.1, -0.05) is 37.2 Å². The van der Waals surface area contributed by atoms with E-state index < -0.39 is 0 Å². The summed E-state index contributed by atoms with van der Waals surface area (Å²) in [4.78, 5) is 17.9. The Bertz CT molecular complexity index is 684. The van der Waals surface area contributed by atoms with Gasteiger partial charge >= 0.3 is 6.03 Å². The molecule has 2 amide bonds. The van der Waals surface area contributed by atoms with E-state index in [2.05, 4.69) is 15.5 Å². The lowest BCUT2D eigenvalue weighted by Gasteiger charge is -2.17. The van der Waals surface area contributed by atoms with Crippen molar-refractivity contribution in [1.29, 1.82) is 0 Å². The molecule has 136 valence electrons. The highest BCUT2D eigenvalue weighted by molar-refractivity contribution is 5.73. The first-order chi connectivity index (χ1) is 12.0. The van der Waals surface area contributed by atoms with Crippen LogP contribution in [0.4, 0.5) is 4.79 Å². The molecule has 0 spiro atoms. The van der Waals surface area contributed by atoms with Gasteiger partial charge in [0, 0.05) is 25.9 Å². The number of aryl methyl sites for hydroxylation is 1. The van der Waals surface area contributed by atoms with E-state index in [0.29, 0.717) is 37.8 Å². The van der Waals surface area contributed by atoms with Crippen LogP contribution in [0.25, 0.3) is 0 Å². The van der Waals surface area contributed by atoms with Crippen molar-refractivity contribution in [2.45, 2.75) is 33.1 Å². The lowest BCUT2D eigenvalue weighted by Crippen LogP contribution is -2.40. The second kappa shape index (κ2) is 9.05. The molecule has 1 heterocycles. The Morgan fingerprint density at radius 2 is 2.12 bits per heavy atom. The van der Waals surface area contributed by atoms with Gasteiger partial charge in [0.1, 0.15) is 12.4 Å². The van der Waals surface area contributed by atoms with E-state index in [0.717, 1.165) is 11.3 Å². The van der Waals surface area contributed by atoms with Crippen LogP contribution in [0.3, 0.4) is 0 Å². The first kappa shape index (κ1) is 18.8. The van der Waals surface area contributed by atoms with E-state index in [1.165, 1.54) is 0 Å². The van der Waals surface area contributed by atoms with Gasteiger partial charge in [0.2, 0.25) is 5.89 Å². The molecule has 0 unspecified atom stereocenters. The van der Waals surface area contributed by atoms with Gasteiger partial charge in [0.25, 0.3) is 0 Å². The number of amides is 2. The highest BCUT2D eigenvalue weighted by Crippen LogP contribution is 2.15. The number of hydrogen-bond acceptors (Lipinski definition) is 5. The maximum absolute atomic E-state index is 12.1.